The third kappa shape index (κ3) is 5.12. The van der Waals surface area contributed by atoms with E-state index in [-0.39, 0.29) is 12.3 Å². The second-order valence-electron chi connectivity index (χ2n) is 6.90. The molecule has 0 bridgehead atoms. The molecule has 0 amide bonds. The van der Waals surface area contributed by atoms with Crippen LogP contribution in [0.3, 0.4) is 0 Å². The van der Waals surface area contributed by atoms with Gasteiger partial charge in [-0.2, -0.15) is 0 Å². The largest absolute Gasteiger partial charge is 0.495 e. The van der Waals surface area contributed by atoms with Crippen LogP contribution in [0.2, 0.25) is 5.02 Å². The minimum atomic E-state index is -1.63. The number of aryl methyl sites for hydroxylation is 1. The molecule has 0 spiro atoms. The van der Waals surface area contributed by atoms with Gasteiger partial charge in [-0.25, -0.2) is 0 Å². The highest BCUT2D eigenvalue weighted by molar-refractivity contribution is 6.40. The maximum absolute atomic E-state index is 12.2. The number of ketones is 1. The lowest BCUT2D eigenvalue weighted by atomic mass is 9.77. The van der Waals surface area contributed by atoms with Crippen molar-refractivity contribution in [3.05, 3.63) is 28.8 Å². The van der Waals surface area contributed by atoms with Gasteiger partial charge >= 0.3 is 5.97 Å². The fraction of sp³-hybridized carbons (Fsp3) is 0.579. The van der Waals surface area contributed by atoms with Crippen molar-refractivity contribution in [3.63, 3.8) is 0 Å². The Morgan fingerprint density at radius 3 is 2.54 bits per heavy atom. The van der Waals surface area contributed by atoms with Crippen molar-refractivity contribution in [2.45, 2.75) is 55.9 Å². The molecule has 2 N–H and O–H groups in total. The number of halogens is 2. The van der Waals surface area contributed by atoms with Crippen LogP contribution in [0.25, 0.3) is 0 Å². The molecule has 2 unspecified atom stereocenters. The molecule has 0 radical (unpaired) electrons. The van der Waals surface area contributed by atoms with Crippen molar-refractivity contribution in [3.8, 4) is 5.75 Å². The Hall–Kier alpha value is -1.30. The summed E-state index contributed by atoms with van der Waals surface area (Å²) >= 11 is 11.8. The molecule has 144 valence electrons. The van der Waals surface area contributed by atoms with E-state index in [1.54, 1.807) is 12.1 Å². The van der Waals surface area contributed by atoms with Crippen molar-refractivity contribution in [1.29, 1.82) is 0 Å². The number of hydrogen-bond donors (Lipinski definition) is 2. The van der Waals surface area contributed by atoms with Gasteiger partial charge in [-0.1, -0.05) is 30.5 Å². The van der Waals surface area contributed by atoms with Crippen LogP contribution in [0, 0.1) is 5.92 Å². The highest BCUT2D eigenvalue weighted by Gasteiger charge is 2.41. The molecule has 1 saturated carbocycles. The van der Waals surface area contributed by atoms with E-state index in [1.165, 1.54) is 7.11 Å². The van der Waals surface area contributed by atoms with Gasteiger partial charge in [-0.3, -0.25) is 9.59 Å². The predicted octanol–water partition coefficient (Wildman–Crippen LogP) is 3.85. The molecular weight excluding hydrogens is 379 g/mol. The Morgan fingerprint density at radius 1 is 1.35 bits per heavy atom. The summed E-state index contributed by atoms with van der Waals surface area (Å²) in [6, 6.07) is 5.40. The Labute approximate surface area is 163 Å². The maximum atomic E-state index is 12.2. The van der Waals surface area contributed by atoms with Gasteiger partial charge < -0.3 is 14.9 Å². The second-order valence-corrected chi connectivity index (χ2v) is 7.74. The predicted molar refractivity (Wildman–Crippen MR) is 100 cm³/mol. The zero-order valence-electron chi connectivity index (χ0n) is 14.7. The quantitative estimate of drug-likeness (QED) is 0.483. The van der Waals surface area contributed by atoms with E-state index in [1.807, 2.05) is 6.07 Å². The first kappa shape index (κ1) is 21.0. The standard InChI is InChI=1S/C19H24Cl2O5/c1-26-16-7-6-12(10-14(16)20)8-9-19(25,13-4-2-3-5-13)11-15(22)17(21)18(23)24/h6-7,10,13,17,25H,2-5,8-9,11H2,1H3,(H,23,24). The summed E-state index contributed by atoms with van der Waals surface area (Å²) < 4.78 is 5.13. The number of carbonyl (C=O) groups is 2. The fourth-order valence-electron chi connectivity index (χ4n) is 3.66. The average molecular weight is 403 g/mol. The number of hydrogen-bond acceptors (Lipinski definition) is 4. The van der Waals surface area contributed by atoms with Crippen molar-refractivity contribution < 1.29 is 24.5 Å². The number of carboxylic acid groups (broad SMARTS) is 1. The molecule has 0 saturated heterocycles. The highest BCUT2D eigenvalue weighted by Crippen LogP contribution is 2.40. The number of carboxylic acids is 1. The van der Waals surface area contributed by atoms with Crippen LogP contribution in [-0.4, -0.2) is 40.1 Å². The first-order valence-corrected chi connectivity index (χ1v) is 9.52. The smallest absolute Gasteiger partial charge is 0.329 e. The molecule has 1 aromatic carbocycles. The van der Waals surface area contributed by atoms with Gasteiger partial charge in [0.1, 0.15) is 5.75 Å². The number of aliphatic carboxylic acids is 1. The van der Waals surface area contributed by atoms with Gasteiger partial charge in [0.2, 0.25) is 0 Å². The number of alkyl halides is 1. The van der Waals surface area contributed by atoms with Crippen LogP contribution in [0.4, 0.5) is 0 Å². The molecule has 7 heteroatoms. The van der Waals surface area contributed by atoms with Gasteiger partial charge in [0.05, 0.1) is 17.7 Å². The van der Waals surface area contributed by atoms with Crippen molar-refractivity contribution in [2.75, 3.05) is 7.11 Å². The minimum absolute atomic E-state index is 0.0298. The minimum Gasteiger partial charge on any atom is -0.495 e. The Bertz CT molecular complexity index is 657. The molecule has 5 nitrogen and oxygen atoms in total. The van der Waals surface area contributed by atoms with Gasteiger partial charge in [0.15, 0.2) is 11.2 Å². The van der Waals surface area contributed by atoms with E-state index in [0.29, 0.717) is 23.6 Å². The van der Waals surface area contributed by atoms with Crippen LogP contribution in [0.1, 0.15) is 44.1 Å². The van der Waals surface area contributed by atoms with Gasteiger partial charge in [-0.15, -0.1) is 11.6 Å². The summed E-state index contributed by atoms with van der Waals surface area (Å²) in [6.45, 7) is 0. The third-order valence-corrected chi connectivity index (χ3v) is 5.88. The monoisotopic (exact) mass is 402 g/mol. The Morgan fingerprint density at radius 2 is 2.00 bits per heavy atom. The lowest BCUT2D eigenvalue weighted by Gasteiger charge is -2.34. The SMILES string of the molecule is COc1ccc(CCC(O)(CC(=O)C(Cl)C(=O)O)C2CCCC2)cc1Cl. The van der Waals surface area contributed by atoms with Gasteiger partial charge in [0, 0.05) is 6.42 Å². The van der Waals surface area contributed by atoms with Gasteiger partial charge in [-0.05, 0) is 49.3 Å². The molecular formula is C19H24Cl2O5. The molecule has 2 atom stereocenters. The number of rotatable bonds is 9. The van der Waals surface area contributed by atoms with Crippen LogP contribution >= 0.6 is 23.2 Å². The van der Waals surface area contributed by atoms with Crippen LogP contribution < -0.4 is 4.74 Å². The van der Waals surface area contributed by atoms with E-state index in [2.05, 4.69) is 0 Å². The summed E-state index contributed by atoms with van der Waals surface area (Å²) in [5.74, 6) is -1.49. The van der Waals surface area contributed by atoms with E-state index >= 15 is 0 Å². The topological polar surface area (TPSA) is 83.8 Å². The molecule has 26 heavy (non-hydrogen) atoms. The summed E-state index contributed by atoms with van der Waals surface area (Å²) in [5, 5.41) is 19.0. The summed E-state index contributed by atoms with van der Waals surface area (Å²) in [6.07, 6.45) is 4.26. The zero-order chi connectivity index (χ0) is 19.3. The second kappa shape index (κ2) is 9.07. The number of methoxy groups -OCH3 is 1. The Balaban J connectivity index is 2.12. The Kier molecular flexibility index (Phi) is 7.33. The van der Waals surface area contributed by atoms with E-state index in [4.69, 9.17) is 33.0 Å². The molecule has 0 heterocycles. The molecule has 0 aromatic heterocycles. The average Bonchev–Trinajstić information content (AvgIpc) is 3.14. The highest BCUT2D eigenvalue weighted by atomic mass is 35.5. The summed E-state index contributed by atoms with van der Waals surface area (Å²) in [4.78, 5) is 23.2. The van der Waals surface area contributed by atoms with Crippen molar-refractivity contribution in [1.82, 2.24) is 0 Å². The zero-order valence-corrected chi connectivity index (χ0v) is 16.2. The lowest BCUT2D eigenvalue weighted by molar-refractivity contribution is -0.141. The first-order valence-electron chi connectivity index (χ1n) is 8.71. The molecule has 1 aliphatic rings. The normalized spacial score (nSPS) is 18.3. The van der Waals surface area contributed by atoms with Gasteiger partial charge in [0.25, 0.3) is 0 Å². The molecule has 0 aliphatic heterocycles. The summed E-state index contributed by atoms with van der Waals surface area (Å²) in [5.41, 5.74) is -0.344. The maximum Gasteiger partial charge on any atom is 0.329 e. The van der Waals surface area contributed by atoms with Crippen LogP contribution in [0.5, 0.6) is 5.75 Å². The molecule has 1 aromatic rings. The fourth-order valence-corrected chi connectivity index (χ4v) is 4.01. The first-order chi connectivity index (χ1) is 12.3. The number of carbonyl (C=O) groups excluding carboxylic acids is 1. The van der Waals surface area contributed by atoms with E-state index in [0.717, 1.165) is 31.2 Å². The van der Waals surface area contributed by atoms with Crippen molar-refractivity contribution in [2.24, 2.45) is 5.92 Å². The number of benzene rings is 1. The van der Waals surface area contributed by atoms with E-state index in [9.17, 15) is 14.7 Å². The van der Waals surface area contributed by atoms with Crippen molar-refractivity contribution >= 4 is 35.0 Å². The molecule has 1 aliphatic carbocycles. The number of Topliss-reactive ketones (excluding diaryl/α,β-unsaturated/α-hetero) is 1. The number of aliphatic hydroxyl groups is 1. The third-order valence-electron chi connectivity index (χ3n) is 5.16. The van der Waals surface area contributed by atoms with E-state index < -0.39 is 22.7 Å². The molecule has 2 rings (SSSR count). The van der Waals surface area contributed by atoms with Crippen LogP contribution in [-0.2, 0) is 16.0 Å². The molecule has 1 fully saturated rings. The number of ether oxygens (including phenoxy) is 1. The lowest BCUT2D eigenvalue weighted by Crippen LogP contribution is -2.42. The van der Waals surface area contributed by atoms with Crippen LogP contribution in [0.15, 0.2) is 18.2 Å². The summed E-state index contributed by atoms with van der Waals surface area (Å²) in [7, 11) is 1.54.